The van der Waals surface area contributed by atoms with E-state index < -0.39 is 12.1 Å². The SMILES string of the molecule is COC(=O)C(C)Oc1ccccc1O. The maximum absolute atomic E-state index is 11.0. The quantitative estimate of drug-likeness (QED) is 0.741. The molecule has 0 bridgehead atoms. The van der Waals surface area contributed by atoms with Crippen molar-refractivity contribution < 1.29 is 19.4 Å². The Kier molecular flexibility index (Phi) is 3.34. The predicted octanol–water partition coefficient (Wildman–Crippen LogP) is 1.33. The number of rotatable bonds is 3. The Morgan fingerprint density at radius 3 is 2.64 bits per heavy atom. The average Bonchev–Trinajstić information content (AvgIpc) is 2.20. The number of hydrogen-bond donors (Lipinski definition) is 1. The molecular formula is C10H12O4. The minimum Gasteiger partial charge on any atom is -0.504 e. The molecule has 0 saturated heterocycles. The second kappa shape index (κ2) is 4.50. The first-order valence-electron chi connectivity index (χ1n) is 4.17. The van der Waals surface area contributed by atoms with Gasteiger partial charge in [0.1, 0.15) is 0 Å². The molecule has 4 nitrogen and oxygen atoms in total. The Bertz CT molecular complexity index is 322. The van der Waals surface area contributed by atoms with Crippen molar-refractivity contribution in [3.63, 3.8) is 0 Å². The van der Waals surface area contributed by atoms with E-state index in [1.165, 1.54) is 13.2 Å². The lowest BCUT2D eigenvalue weighted by atomic mass is 10.3. The largest absolute Gasteiger partial charge is 0.504 e. The van der Waals surface area contributed by atoms with Crippen LogP contribution in [0.3, 0.4) is 0 Å². The summed E-state index contributed by atoms with van der Waals surface area (Å²) in [6.45, 7) is 1.55. The van der Waals surface area contributed by atoms with E-state index >= 15 is 0 Å². The Balaban J connectivity index is 2.69. The number of methoxy groups -OCH3 is 1. The van der Waals surface area contributed by atoms with Crippen LogP contribution in [0.2, 0.25) is 0 Å². The summed E-state index contributed by atoms with van der Waals surface area (Å²) < 4.78 is 9.65. The average molecular weight is 196 g/mol. The summed E-state index contributed by atoms with van der Waals surface area (Å²) in [4.78, 5) is 11.0. The molecule has 1 unspecified atom stereocenters. The number of aromatic hydroxyl groups is 1. The molecule has 1 aromatic carbocycles. The van der Waals surface area contributed by atoms with Gasteiger partial charge in [-0.15, -0.1) is 0 Å². The van der Waals surface area contributed by atoms with Crippen molar-refractivity contribution >= 4 is 5.97 Å². The summed E-state index contributed by atoms with van der Waals surface area (Å²) in [7, 11) is 1.28. The van der Waals surface area contributed by atoms with Gasteiger partial charge in [0.25, 0.3) is 0 Å². The van der Waals surface area contributed by atoms with Crippen molar-refractivity contribution in [1.29, 1.82) is 0 Å². The molecule has 0 amide bonds. The zero-order valence-electron chi connectivity index (χ0n) is 8.06. The van der Waals surface area contributed by atoms with E-state index in [9.17, 15) is 9.90 Å². The van der Waals surface area contributed by atoms with Gasteiger partial charge >= 0.3 is 5.97 Å². The Hall–Kier alpha value is -1.71. The van der Waals surface area contributed by atoms with E-state index in [0.29, 0.717) is 0 Å². The second-order valence-corrected chi connectivity index (χ2v) is 2.75. The summed E-state index contributed by atoms with van der Waals surface area (Å²) in [5.41, 5.74) is 0. The van der Waals surface area contributed by atoms with Gasteiger partial charge in [0.2, 0.25) is 0 Å². The molecule has 0 saturated carbocycles. The highest BCUT2D eigenvalue weighted by Crippen LogP contribution is 2.25. The summed E-state index contributed by atoms with van der Waals surface area (Å²) in [5, 5.41) is 9.34. The van der Waals surface area contributed by atoms with Crippen molar-refractivity contribution in [1.82, 2.24) is 0 Å². The maximum Gasteiger partial charge on any atom is 0.346 e. The normalized spacial score (nSPS) is 11.9. The molecule has 0 radical (unpaired) electrons. The molecule has 0 aliphatic rings. The van der Waals surface area contributed by atoms with Gasteiger partial charge in [-0.05, 0) is 19.1 Å². The lowest BCUT2D eigenvalue weighted by Gasteiger charge is -2.12. The number of carbonyl (C=O) groups excluding carboxylic acids is 1. The number of phenols is 1. The highest BCUT2D eigenvalue weighted by atomic mass is 16.6. The molecular weight excluding hydrogens is 184 g/mol. The minimum atomic E-state index is -0.728. The molecule has 0 heterocycles. The zero-order valence-corrected chi connectivity index (χ0v) is 8.06. The van der Waals surface area contributed by atoms with Crippen LogP contribution in [0.25, 0.3) is 0 Å². The van der Waals surface area contributed by atoms with Gasteiger partial charge in [-0.1, -0.05) is 12.1 Å². The van der Waals surface area contributed by atoms with Crippen molar-refractivity contribution in [3.8, 4) is 11.5 Å². The van der Waals surface area contributed by atoms with E-state index in [4.69, 9.17) is 4.74 Å². The lowest BCUT2D eigenvalue weighted by molar-refractivity contribution is -0.147. The van der Waals surface area contributed by atoms with Gasteiger partial charge in [0.15, 0.2) is 17.6 Å². The minimum absolute atomic E-state index is 0.00301. The van der Waals surface area contributed by atoms with E-state index in [-0.39, 0.29) is 11.5 Å². The number of benzene rings is 1. The van der Waals surface area contributed by atoms with Crippen LogP contribution in [0.15, 0.2) is 24.3 Å². The van der Waals surface area contributed by atoms with Crippen LogP contribution in [0.5, 0.6) is 11.5 Å². The topological polar surface area (TPSA) is 55.8 Å². The second-order valence-electron chi connectivity index (χ2n) is 2.75. The van der Waals surface area contributed by atoms with Crippen molar-refractivity contribution in [2.75, 3.05) is 7.11 Å². The highest BCUT2D eigenvalue weighted by molar-refractivity contribution is 5.74. The molecule has 14 heavy (non-hydrogen) atoms. The fourth-order valence-corrected chi connectivity index (χ4v) is 0.961. The molecule has 1 N–H and O–H groups in total. The molecule has 0 aliphatic heterocycles. The third-order valence-electron chi connectivity index (χ3n) is 1.70. The monoisotopic (exact) mass is 196 g/mol. The third kappa shape index (κ3) is 2.39. The molecule has 1 atom stereocenters. The van der Waals surface area contributed by atoms with E-state index in [0.717, 1.165) is 0 Å². The lowest BCUT2D eigenvalue weighted by Crippen LogP contribution is -2.24. The smallest absolute Gasteiger partial charge is 0.346 e. The fourth-order valence-electron chi connectivity index (χ4n) is 0.961. The molecule has 0 aromatic heterocycles. The van der Waals surface area contributed by atoms with Crippen LogP contribution in [0.1, 0.15) is 6.92 Å². The molecule has 0 aliphatic carbocycles. The molecule has 4 heteroatoms. The van der Waals surface area contributed by atoms with E-state index in [1.54, 1.807) is 25.1 Å². The number of carbonyl (C=O) groups is 1. The van der Waals surface area contributed by atoms with Crippen LogP contribution < -0.4 is 4.74 Å². The van der Waals surface area contributed by atoms with Crippen LogP contribution in [-0.2, 0) is 9.53 Å². The first-order valence-corrected chi connectivity index (χ1v) is 4.17. The maximum atomic E-state index is 11.0. The highest BCUT2D eigenvalue weighted by Gasteiger charge is 2.15. The van der Waals surface area contributed by atoms with E-state index in [2.05, 4.69) is 4.74 Å². The first kappa shape index (κ1) is 10.4. The van der Waals surface area contributed by atoms with Gasteiger partial charge in [0.05, 0.1) is 7.11 Å². The third-order valence-corrected chi connectivity index (χ3v) is 1.70. The van der Waals surface area contributed by atoms with Gasteiger partial charge in [-0.2, -0.15) is 0 Å². The molecule has 0 fully saturated rings. The number of hydrogen-bond acceptors (Lipinski definition) is 4. The fraction of sp³-hybridized carbons (Fsp3) is 0.300. The van der Waals surface area contributed by atoms with Crippen LogP contribution in [-0.4, -0.2) is 24.3 Å². The Morgan fingerprint density at radius 1 is 1.43 bits per heavy atom. The van der Waals surface area contributed by atoms with Crippen molar-refractivity contribution in [2.24, 2.45) is 0 Å². The Morgan fingerprint density at radius 2 is 2.07 bits per heavy atom. The standard InChI is InChI=1S/C10H12O4/c1-7(10(12)13-2)14-9-6-4-3-5-8(9)11/h3-7,11H,1-2H3. The molecule has 76 valence electrons. The van der Waals surface area contributed by atoms with Gasteiger partial charge in [-0.25, -0.2) is 4.79 Å². The van der Waals surface area contributed by atoms with Crippen LogP contribution in [0, 0.1) is 0 Å². The van der Waals surface area contributed by atoms with Crippen LogP contribution >= 0.6 is 0 Å². The van der Waals surface area contributed by atoms with Crippen molar-refractivity contribution in [2.45, 2.75) is 13.0 Å². The van der Waals surface area contributed by atoms with E-state index in [1.807, 2.05) is 0 Å². The summed E-state index contributed by atoms with van der Waals surface area (Å²) >= 11 is 0. The van der Waals surface area contributed by atoms with Crippen molar-refractivity contribution in [3.05, 3.63) is 24.3 Å². The zero-order chi connectivity index (χ0) is 10.6. The number of phenolic OH excluding ortho intramolecular Hbond substituents is 1. The molecule has 1 rings (SSSR count). The molecule has 0 spiro atoms. The summed E-state index contributed by atoms with van der Waals surface area (Å²) in [5.74, 6) is -0.207. The number of esters is 1. The molecule has 1 aromatic rings. The predicted molar refractivity (Wildman–Crippen MR) is 50.2 cm³/mol. The van der Waals surface area contributed by atoms with Gasteiger partial charge in [0, 0.05) is 0 Å². The first-order chi connectivity index (χ1) is 6.65. The van der Waals surface area contributed by atoms with Crippen LogP contribution in [0.4, 0.5) is 0 Å². The number of ether oxygens (including phenoxy) is 2. The summed E-state index contributed by atoms with van der Waals surface area (Å²) in [6, 6.07) is 6.44. The van der Waals surface area contributed by atoms with Gasteiger partial charge in [-0.3, -0.25) is 0 Å². The Labute approximate surface area is 82.1 Å². The van der Waals surface area contributed by atoms with Gasteiger partial charge < -0.3 is 14.6 Å². The number of para-hydroxylation sites is 2. The summed E-state index contributed by atoms with van der Waals surface area (Å²) in [6.07, 6.45) is -0.728.